The maximum atomic E-state index is 13.0. The van der Waals surface area contributed by atoms with Crippen molar-refractivity contribution in [1.82, 2.24) is 0 Å². The fourth-order valence-electron chi connectivity index (χ4n) is 11.2. The topological polar surface area (TPSA) is 237 Å². The molecular formula is C74H144O17P2. The normalized spacial score (nSPS) is 14.5. The second kappa shape index (κ2) is 63.5. The lowest BCUT2D eigenvalue weighted by molar-refractivity contribution is -0.161. The minimum atomic E-state index is -4.96. The Labute approximate surface area is 568 Å². The zero-order valence-electron chi connectivity index (χ0n) is 60.9. The number of hydrogen-bond acceptors (Lipinski definition) is 15. The van der Waals surface area contributed by atoms with E-state index < -0.39 is 97.5 Å². The first kappa shape index (κ1) is 91.1. The Hall–Kier alpha value is -1.94. The van der Waals surface area contributed by atoms with E-state index in [1.54, 1.807) is 0 Å². The van der Waals surface area contributed by atoms with Crippen LogP contribution in [0, 0.1) is 23.7 Å². The number of hydrogen-bond donors (Lipinski definition) is 3. The van der Waals surface area contributed by atoms with Crippen LogP contribution in [-0.4, -0.2) is 96.7 Å². The van der Waals surface area contributed by atoms with Gasteiger partial charge in [0.05, 0.1) is 26.4 Å². The maximum absolute atomic E-state index is 13.0. The van der Waals surface area contributed by atoms with Crippen LogP contribution in [0.3, 0.4) is 0 Å². The molecule has 0 saturated heterocycles. The number of rotatable bonds is 71. The van der Waals surface area contributed by atoms with E-state index in [4.69, 9.17) is 37.0 Å². The van der Waals surface area contributed by atoms with Gasteiger partial charge in [-0.15, -0.1) is 0 Å². The summed E-state index contributed by atoms with van der Waals surface area (Å²) in [6.45, 7) is 14.1. The van der Waals surface area contributed by atoms with Gasteiger partial charge in [-0.2, -0.15) is 0 Å². The average molecular weight is 1370 g/mol. The number of ether oxygens (including phenoxy) is 4. The monoisotopic (exact) mass is 1370 g/mol. The summed E-state index contributed by atoms with van der Waals surface area (Å²) < 4.78 is 68.3. The molecule has 17 nitrogen and oxygen atoms in total. The summed E-state index contributed by atoms with van der Waals surface area (Å²) >= 11 is 0. The van der Waals surface area contributed by atoms with Crippen molar-refractivity contribution in [3.63, 3.8) is 0 Å². The van der Waals surface area contributed by atoms with Gasteiger partial charge in [0.1, 0.15) is 19.3 Å². The summed E-state index contributed by atoms with van der Waals surface area (Å²) in [7, 11) is -9.91. The fraction of sp³-hybridized carbons (Fsp3) is 0.946. The summed E-state index contributed by atoms with van der Waals surface area (Å²) in [5.41, 5.74) is 0. The van der Waals surface area contributed by atoms with Gasteiger partial charge in [-0.05, 0) is 49.4 Å². The van der Waals surface area contributed by atoms with Gasteiger partial charge >= 0.3 is 39.5 Å². The van der Waals surface area contributed by atoms with Crippen molar-refractivity contribution in [1.29, 1.82) is 0 Å². The Morgan fingerprint density at radius 2 is 0.516 bits per heavy atom. The van der Waals surface area contributed by atoms with Gasteiger partial charge in [0.15, 0.2) is 12.2 Å². The highest BCUT2D eigenvalue weighted by Crippen LogP contribution is 2.45. The minimum absolute atomic E-state index is 0.102. The van der Waals surface area contributed by atoms with E-state index in [1.807, 2.05) is 0 Å². The molecule has 0 aromatic carbocycles. The first-order valence-electron chi connectivity index (χ1n) is 38.2. The van der Waals surface area contributed by atoms with Crippen molar-refractivity contribution in [2.75, 3.05) is 39.6 Å². The summed E-state index contributed by atoms with van der Waals surface area (Å²) in [6.07, 6.45) is 47.6. The third kappa shape index (κ3) is 67.0. The average Bonchev–Trinajstić information content (AvgIpc) is 3.68. The van der Waals surface area contributed by atoms with Crippen molar-refractivity contribution in [3.05, 3.63) is 0 Å². The predicted octanol–water partition coefficient (Wildman–Crippen LogP) is 21.3. The standard InChI is InChI=1S/C74H144O17P2/c1-9-67(8)53-45-37-29-20-18-16-14-12-10-11-13-15-17-19-21-31-40-48-56-73(78)90-69(60-84-71(76)54-46-38-30-23-22-26-34-42-50-64(2)3)62-88-92(80,81)86-58-68(75)59-87-93(82,83)89-63-70(91-74(79)57-49-41-33-25-28-36-44-52-66(6)7)61-85-72(77)55-47-39-32-24-27-35-43-51-65(4)5/h64-70,75H,9-63H2,1-8H3,(H,80,81)(H,82,83)/t67?,68?,69-,70-/m1/s1. The summed E-state index contributed by atoms with van der Waals surface area (Å²) in [5.74, 6) is 0.869. The van der Waals surface area contributed by atoms with Gasteiger partial charge in [0, 0.05) is 25.7 Å². The first-order chi connectivity index (χ1) is 44.6. The number of unbranched alkanes of at least 4 members (excludes halogenated alkanes) is 36. The van der Waals surface area contributed by atoms with Crippen molar-refractivity contribution in [2.24, 2.45) is 23.7 Å². The van der Waals surface area contributed by atoms with Crippen LogP contribution in [0.1, 0.15) is 370 Å². The lowest BCUT2D eigenvalue weighted by Gasteiger charge is -2.21. The van der Waals surface area contributed by atoms with Crippen molar-refractivity contribution < 1.29 is 80.2 Å². The van der Waals surface area contributed by atoms with E-state index in [-0.39, 0.29) is 25.7 Å². The van der Waals surface area contributed by atoms with Gasteiger partial charge in [-0.25, -0.2) is 9.13 Å². The fourth-order valence-corrected chi connectivity index (χ4v) is 12.7. The van der Waals surface area contributed by atoms with Crippen LogP contribution < -0.4 is 0 Å². The quantitative estimate of drug-likeness (QED) is 0.0222. The second-order valence-corrected chi connectivity index (χ2v) is 31.3. The van der Waals surface area contributed by atoms with E-state index in [9.17, 15) is 43.2 Å². The molecule has 552 valence electrons. The van der Waals surface area contributed by atoms with E-state index in [0.717, 1.165) is 108 Å². The molecule has 0 saturated carbocycles. The number of phosphoric ester groups is 2. The van der Waals surface area contributed by atoms with Gasteiger partial charge < -0.3 is 33.8 Å². The van der Waals surface area contributed by atoms with E-state index in [0.29, 0.717) is 37.5 Å². The molecule has 3 N–H and O–H groups in total. The molecule has 0 spiro atoms. The third-order valence-corrected chi connectivity index (χ3v) is 19.3. The number of carbonyl (C=O) groups is 4. The Morgan fingerprint density at radius 3 is 0.763 bits per heavy atom. The molecule has 0 radical (unpaired) electrons. The maximum Gasteiger partial charge on any atom is 0.472 e. The molecule has 0 amide bonds. The zero-order valence-corrected chi connectivity index (χ0v) is 62.7. The van der Waals surface area contributed by atoms with Crippen LogP contribution in [0.2, 0.25) is 0 Å². The molecule has 0 fully saturated rings. The van der Waals surface area contributed by atoms with Gasteiger partial charge in [-0.1, -0.05) is 319 Å². The molecule has 0 aromatic heterocycles. The highest BCUT2D eigenvalue weighted by molar-refractivity contribution is 7.47. The lowest BCUT2D eigenvalue weighted by atomic mass is 9.99. The Balaban J connectivity index is 5.16. The summed E-state index contributed by atoms with van der Waals surface area (Å²) in [5, 5.41) is 10.6. The number of esters is 4. The number of phosphoric acid groups is 2. The smallest absolute Gasteiger partial charge is 0.462 e. The largest absolute Gasteiger partial charge is 0.472 e. The number of carbonyl (C=O) groups excluding carboxylic acids is 4. The molecule has 0 aliphatic carbocycles. The lowest BCUT2D eigenvalue weighted by Crippen LogP contribution is -2.30. The van der Waals surface area contributed by atoms with Crippen LogP contribution in [0.4, 0.5) is 0 Å². The van der Waals surface area contributed by atoms with Crippen LogP contribution in [0.15, 0.2) is 0 Å². The highest BCUT2D eigenvalue weighted by Gasteiger charge is 2.30. The van der Waals surface area contributed by atoms with Gasteiger partial charge in [0.2, 0.25) is 0 Å². The van der Waals surface area contributed by atoms with Gasteiger partial charge in [-0.3, -0.25) is 37.3 Å². The van der Waals surface area contributed by atoms with Crippen molar-refractivity contribution in [2.45, 2.75) is 388 Å². The molecular weight excluding hydrogens is 1220 g/mol. The van der Waals surface area contributed by atoms with Crippen LogP contribution in [0.25, 0.3) is 0 Å². The molecule has 19 heteroatoms. The van der Waals surface area contributed by atoms with Crippen LogP contribution in [-0.2, 0) is 65.4 Å². The number of aliphatic hydroxyl groups excluding tert-OH is 1. The SMILES string of the molecule is CCC(C)CCCCCCCCCCCCCCCCCCCCC(=O)O[C@H](COC(=O)CCCCCCCCCCC(C)C)COP(=O)(O)OCC(O)COP(=O)(O)OC[C@@H](COC(=O)CCCCCCCCCC(C)C)OC(=O)CCCCCCCCCC(C)C. The van der Waals surface area contributed by atoms with Crippen LogP contribution >= 0.6 is 15.6 Å². The first-order valence-corrected chi connectivity index (χ1v) is 41.2. The van der Waals surface area contributed by atoms with Crippen molar-refractivity contribution >= 4 is 39.5 Å². The third-order valence-electron chi connectivity index (χ3n) is 17.4. The molecule has 6 atom stereocenters. The molecule has 0 heterocycles. The molecule has 0 rings (SSSR count). The molecule has 0 aliphatic heterocycles. The predicted molar refractivity (Wildman–Crippen MR) is 377 cm³/mol. The van der Waals surface area contributed by atoms with E-state index in [1.165, 1.54) is 167 Å². The molecule has 4 unspecified atom stereocenters. The number of aliphatic hydroxyl groups is 1. The van der Waals surface area contributed by atoms with Gasteiger partial charge in [0.25, 0.3) is 0 Å². The van der Waals surface area contributed by atoms with E-state index in [2.05, 4.69) is 55.4 Å². The van der Waals surface area contributed by atoms with Crippen molar-refractivity contribution in [3.8, 4) is 0 Å². The Bertz CT molecular complexity index is 1840. The summed E-state index contributed by atoms with van der Waals surface area (Å²) in [6, 6.07) is 0. The Morgan fingerprint density at radius 1 is 0.301 bits per heavy atom. The second-order valence-electron chi connectivity index (χ2n) is 28.4. The highest BCUT2D eigenvalue weighted by atomic mass is 31.2. The summed E-state index contributed by atoms with van der Waals surface area (Å²) in [4.78, 5) is 72.6. The molecule has 93 heavy (non-hydrogen) atoms. The zero-order chi connectivity index (χ0) is 68.9. The Kier molecular flexibility index (Phi) is 62.2. The minimum Gasteiger partial charge on any atom is -0.462 e. The molecule has 0 aromatic rings. The van der Waals surface area contributed by atoms with Crippen LogP contribution in [0.5, 0.6) is 0 Å². The molecule has 0 aliphatic rings. The van der Waals surface area contributed by atoms with E-state index >= 15 is 0 Å². The molecule has 0 bridgehead atoms.